The zero-order chi connectivity index (χ0) is 26.0. The summed E-state index contributed by atoms with van der Waals surface area (Å²) in [6.07, 6.45) is -4.99. The first-order valence-electron chi connectivity index (χ1n) is 11.2. The average Bonchev–Trinajstić information content (AvgIpc) is 2.90. The molecule has 5 aromatic rings. The Morgan fingerprint density at radius 3 is 2.08 bits per heavy atom. The van der Waals surface area contributed by atoms with Crippen LogP contribution in [0.5, 0.6) is 17.2 Å². The summed E-state index contributed by atoms with van der Waals surface area (Å²) >= 11 is 0. The minimum atomic E-state index is -4.99. The van der Waals surface area contributed by atoms with Gasteiger partial charge in [-0.05, 0) is 53.1 Å². The van der Waals surface area contributed by atoms with Gasteiger partial charge in [-0.25, -0.2) is 4.39 Å². The number of alkyl halides is 3. The summed E-state index contributed by atoms with van der Waals surface area (Å²) in [5.41, 5.74) is 1.14. The Hall–Kier alpha value is -4.59. The van der Waals surface area contributed by atoms with E-state index in [1.165, 1.54) is 54.6 Å². The summed E-state index contributed by atoms with van der Waals surface area (Å²) in [6.45, 7) is 0.0440. The Labute approximate surface area is 208 Å². The van der Waals surface area contributed by atoms with Gasteiger partial charge in [0.2, 0.25) is 11.2 Å². The largest absolute Gasteiger partial charge is 0.489 e. The predicted molar refractivity (Wildman–Crippen MR) is 130 cm³/mol. The first-order valence-corrected chi connectivity index (χ1v) is 11.2. The van der Waals surface area contributed by atoms with Crippen LogP contribution in [0.2, 0.25) is 0 Å². The summed E-state index contributed by atoms with van der Waals surface area (Å²) in [5.74, 6) is -2.67. The maximum atomic E-state index is 13.9. The number of rotatable bonds is 6. The number of hydrogen-bond donors (Lipinski definition) is 0. The number of fused-ring (bicyclic) bond motifs is 1. The van der Waals surface area contributed by atoms with E-state index in [9.17, 15) is 22.4 Å². The van der Waals surface area contributed by atoms with Crippen molar-refractivity contribution in [2.45, 2.75) is 12.8 Å². The lowest BCUT2D eigenvalue weighted by molar-refractivity contribution is -0.154. The molecule has 4 aromatic carbocycles. The molecule has 1 heterocycles. The molecule has 0 radical (unpaired) electrons. The molecule has 8 heteroatoms. The lowest BCUT2D eigenvalue weighted by atomic mass is 10.1. The number of ether oxygens (including phenoxy) is 2. The molecule has 0 atom stereocenters. The Kier molecular flexibility index (Phi) is 6.40. The van der Waals surface area contributed by atoms with Crippen LogP contribution in [-0.4, -0.2) is 0 Å². The summed E-state index contributed by atoms with van der Waals surface area (Å²) in [4.78, 5) is 13.0. The molecule has 5 rings (SSSR count). The highest BCUT2D eigenvalue weighted by atomic mass is 19.4. The van der Waals surface area contributed by atoms with Crippen LogP contribution in [0.1, 0.15) is 11.3 Å². The van der Waals surface area contributed by atoms with Crippen LogP contribution >= 0.6 is 0 Å². The Balaban J connectivity index is 1.46. The van der Waals surface area contributed by atoms with Crippen molar-refractivity contribution in [2.75, 3.05) is 0 Å². The minimum Gasteiger partial charge on any atom is -0.489 e. The second-order valence-electron chi connectivity index (χ2n) is 8.15. The third-order valence-electron chi connectivity index (χ3n) is 5.58. The van der Waals surface area contributed by atoms with Gasteiger partial charge < -0.3 is 13.9 Å². The van der Waals surface area contributed by atoms with Crippen LogP contribution < -0.4 is 14.9 Å². The predicted octanol–water partition coefficient (Wildman–Crippen LogP) is 7.99. The van der Waals surface area contributed by atoms with Crippen LogP contribution in [0.4, 0.5) is 17.6 Å². The monoisotopic (exact) mass is 506 g/mol. The maximum Gasteiger partial charge on any atom is 0.453 e. The van der Waals surface area contributed by atoms with E-state index >= 15 is 0 Å². The van der Waals surface area contributed by atoms with E-state index in [2.05, 4.69) is 0 Å². The second-order valence-corrected chi connectivity index (χ2v) is 8.15. The highest BCUT2D eigenvalue weighted by Crippen LogP contribution is 2.39. The van der Waals surface area contributed by atoms with Gasteiger partial charge in [0.25, 0.3) is 5.76 Å². The molecule has 4 nitrogen and oxygen atoms in total. The van der Waals surface area contributed by atoms with E-state index in [4.69, 9.17) is 13.9 Å². The molecule has 0 aliphatic heterocycles. The van der Waals surface area contributed by atoms with Crippen LogP contribution in [0.15, 0.2) is 106 Å². The molecule has 0 amide bonds. The van der Waals surface area contributed by atoms with Crippen molar-refractivity contribution < 1.29 is 31.5 Å². The topological polar surface area (TPSA) is 48.7 Å². The van der Waals surface area contributed by atoms with E-state index < -0.39 is 28.9 Å². The lowest BCUT2D eigenvalue weighted by Crippen LogP contribution is -2.15. The molecule has 0 unspecified atom stereocenters. The fraction of sp³-hybridized carbons (Fsp3) is 0.0690. The molecule has 186 valence electrons. The van der Waals surface area contributed by atoms with Crippen LogP contribution in [0.25, 0.3) is 22.1 Å². The van der Waals surface area contributed by atoms with Crippen molar-refractivity contribution in [1.29, 1.82) is 0 Å². The third-order valence-corrected chi connectivity index (χ3v) is 5.58. The Bertz CT molecular complexity index is 1590. The standard InChI is InChI=1S/C29H18F4O4/c30-21-10-6-18(7-11-21)17-35-23-14-15-24-25(16-23)37-28(29(31,32)33)27(26(24)34)36-22-12-8-20(9-13-22)19-4-2-1-3-5-19/h1-16H,17H2. The lowest BCUT2D eigenvalue weighted by Gasteiger charge is -2.14. The van der Waals surface area contributed by atoms with Crippen LogP contribution in [0, 0.1) is 5.82 Å². The van der Waals surface area contributed by atoms with Crippen molar-refractivity contribution in [3.05, 3.63) is 124 Å². The highest BCUT2D eigenvalue weighted by molar-refractivity contribution is 5.80. The quantitative estimate of drug-likeness (QED) is 0.219. The molecule has 0 N–H and O–H groups in total. The smallest absolute Gasteiger partial charge is 0.453 e. The van der Waals surface area contributed by atoms with Gasteiger partial charge in [0, 0.05) is 6.07 Å². The van der Waals surface area contributed by atoms with Crippen molar-refractivity contribution in [2.24, 2.45) is 0 Å². The molecule has 1 aromatic heterocycles. The van der Waals surface area contributed by atoms with E-state index in [-0.39, 0.29) is 29.1 Å². The third kappa shape index (κ3) is 5.33. The summed E-state index contributed by atoms with van der Waals surface area (Å²) in [7, 11) is 0. The molecular weight excluding hydrogens is 488 g/mol. The van der Waals surface area contributed by atoms with Gasteiger partial charge in [-0.3, -0.25) is 4.79 Å². The summed E-state index contributed by atoms with van der Waals surface area (Å²) in [5, 5.41) is -0.0990. The van der Waals surface area contributed by atoms with Gasteiger partial charge in [0.05, 0.1) is 5.39 Å². The van der Waals surface area contributed by atoms with Crippen molar-refractivity contribution in [1.82, 2.24) is 0 Å². The van der Waals surface area contributed by atoms with E-state index in [1.807, 2.05) is 30.3 Å². The van der Waals surface area contributed by atoms with Gasteiger partial charge >= 0.3 is 6.18 Å². The molecule has 0 saturated heterocycles. The molecule has 0 bridgehead atoms. The Morgan fingerprint density at radius 2 is 1.41 bits per heavy atom. The highest BCUT2D eigenvalue weighted by Gasteiger charge is 2.40. The molecular formula is C29H18F4O4. The van der Waals surface area contributed by atoms with Gasteiger partial charge in [-0.1, -0.05) is 54.6 Å². The fourth-order valence-corrected chi connectivity index (χ4v) is 3.74. The molecule has 37 heavy (non-hydrogen) atoms. The maximum absolute atomic E-state index is 13.9. The molecule has 0 saturated carbocycles. The van der Waals surface area contributed by atoms with Crippen LogP contribution in [-0.2, 0) is 12.8 Å². The molecule has 0 aliphatic rings. The first-order chi connectivity index (χ1) is 17.8. The first kappa shape index (κ1) is 24.1. The second kappa shape index (κ2) is 9.81. The van der Waals surface area contributed by atoms with Crippen molar-refractivity contribution >= 4 is 11.0 Å². The van der Waals surface area contributed by atoms with Gasteiger partial charge in [0.15, 0.2) is 0 Å². The van der Waals surface area contributed by atoms with Gasteiger partial charge in [-0.15, -0.1) is 0 Å². The normalized spacial score (nSPS) is 11.5. The summed E-state index contributed by atoms with van der Waals surface area (Å²) < 4.78 is 70.8. The number of benzene rings is 4. The summed E-state index contributed by atoms with van der Waals surface area (Å²) in [6, 6.07) is 25.3. The minimum absolute atomic E-state index is 0.0440. The zero-order valence-corrected chi connectivity index (χ0v) is 19.1. The van der Waals surface area contributed by atoms with E-state index in [0.29, 0.717) is 5.56 Å². The van der Waals surface area contributed by atoms with E-state index in [0.717, 1.165) is 11.1 Å². The molecule has 0 fully saturated rings. The average molecular weight is 506 g/mol. The SMILES string of the molecule is O=c1c(Oc2ccc(-c3ccccc3)cc2)c(C(F)(F)F)oc2cc(OCc3ccc(F)cc3)ccc12. The molecule has 0 spiro atoms. The zero-order valence-electron chi connectivity index (χ0n) is 19.1. The van der Waals surface area contributed by atoms with Crippen LogP contribution in [0.3, 0.4) is 0 Å². The number of hydrogen-bond acceptors (Lipinski definition) is 4. The Morgan fingerprint density at radius 1 is 0.757 bits per heavy atom. The number of halogens is 4. The van der Waals surface area contributed by atoms with Crippen molar-refractivity contribution in [3.63, 3.8) is 0 Å². The van der Waals surface area contributed by atoms with E-state index in [1.54, 1.807) is 12.1 Å². The van der Waals surface area contributed by atoms with Crippen molar-refractivity contribution in [3.8, 4) is 28.4 Å². The molecule has 0 aliphatic carbocycles. The fourth-order valence-electron chi connectivity index (χ4n) is 3.74. The van der Waals surface area contributed by atoms with Gasteiger partial charge in [-0.2, -0.15) is 13.2 Å². The van der Waals surface area contributed by atoms with Gasteiger partial charge in [0.1, 0.15) is 29.5 Å².